The summed E-state index contributed by atoms with van der Waals surface area (Å²) in [5.74, 6) is -0.315. The lowest BCUT2D eigenvalue weighted by Crippen LogP contribution is -2.50. The molecule has 128 valence electrons. The number of amides is 1. The number of carbonyl (C=O) groups is 1. The minimum absolute atomic E-state index is 0.242. The Balaban J connectivity index is 2.15. The number of carbonyl (C=O) groups excluding carboxylic acids is 1. The fraction of sp³-hybridized carbons (Fsp3) is 0.562. The number of nitrogens with zero attached hydrogens (tertiary/aromatic N) is 2. The molecule has 1 amide bonds. The van der Waals surface area contributed by atoms with Crippen LogP contribution < -0.4 is 4.31 Å². The Morgan fingerprint density at radius 1 is 1.22 bits per heavy atom. The molecule has 23 heavy (non-hydrogen) atoms. The van der Waals surface area contributed by atoms with Crippen LogP contribution in [0.2, 0.25) is 0 Å². The maximum atomic E-state index is 12.5. The molecule has 0 aromatic heterocycles. The van der Waals surface area contributed by atoms with E-state index in [0.29, 0.717) is 12.1 Å². The quantitative estimate of drug-likeness (QED) is 0.874. The highest BCUT2D eigenvalue weighted by Gasteiger charge is 2.31. The van der Waals surface area contributed by atoms with Gasteiger partial charge < -0.3 is 10.0 Å². The molecule has 0 saturated heterocycles. The summed E-state index contributed by atoms with van der Waals surface area (Å²) in [5.41, 5.74) is 0.459. The van der Waals surface area contributed by atoms with E-state index < -0.39 is 16.1 Å². The molecule has 1 aromatic carbocycles. The Morgan fingerprint density at radius 2 is 1.83 bits per heavy atom. The molecule has 1 fully saturated rings. The van der Waals surface area contributed by atoms with Crippen molar-refractivity contribution in [1.82, 2.24) is 4.90 Å². The Bertz CT molecular complexity index is 633. The first kappa shape index (κ1) is 17.7. The molecule has 7 heteroatoms. The van der Waals surface area contributed by atoms with Gasteiger partial charge in [-0.2, -0.15) is 0 Å². The molecule has 0 radical (unpaired) electrons. The number of rotatable bonds is 5. The summed E-state index contributed by atoms with van der Waals surface area (Å²) >= 11 is 0. The summed E-state index contributed by atoms with van der Waals surface area (Å²) in [7, 11) is -1.94. The molecule has 1 aromatic rings. The number of aliphatic hydroxyl groups is 1. The van der Waals surface area contributed by atoms with E-state index in [4.69, 9.17) is 0 Å². The van der Waals surface area contributed by atoms with Crippen LogP contribution in [0.15, 0.2) is 30.3 Å². The van der Waals surface area contributed by atoms with Gasteiger partial charge in [-0.3, -0.25) is 9.10 Å². The van der Waals surface area contributed by atoms with Crippen molar-refractivity contribution in [2.75, 3.05) is 24.2 Å². The van der Waals surface area contributed by atoms with Crippen molar-refractivity contribution in [3.63, 3.8) is 0 Å². The predicted molar refractivity (Wildman–Crippen MR) is 89.7 cm³/mol. The van der Waals surface area contributed by atoms with Crippen molar-refractivity contribution in [1.29, 1.82) is 0 Å². The highest BCUT2D eigenvalue weighted by Crippen LogP contribution is 2.23. The number of aliphatic hydroxyl groups excluding tert-OH is 1. The molecule has 2 atom stereocenters. The fourth-order valence-electron chi connectivity index (χ4n) is 2.96. The van der Waals surface area contributed by atoms with Crippen LogP contribution in [-0.2, 0) is 14.8 Å². The number of likely N-dealkylation sites (N-methyl/N-ethyl adjacent to an activating group) is 1. The average Bonchev–Trinajstić information content (AvgIpc) is 2.52. The first-order chi connectivity index (χ1) is 10.8. The molecule has 1 aliphatic rings. The fourth-order valence-corrected chi connectivity index (χ4v) is 3.81. The standard InChI is InChI=1S/C16H24N2O4S/c1-17(14-10-6-7-11-15(14)19)16(20)12-18(23(2,21)22)13-8-4-3-5-9-13/h3-5,8-9,14-15,19H,6-7,10-12H2,1-2H3. The van der Waals surface area contributed by atoms with Crippen molar-refractivity contribution in [3.05, 3.63) is 30.3 Å². The average molecular weight is 340 g/mol. The first-order valence-electron chi connectivity index (χ1n) is 7.77. The zero-order valence-electron chi connectivity index (χ0n) is 13.6. The van der Waals surface area contributed by atoms with Gasteiger partial charge in [-0.25, -0.2) is 8.42 Å². The van der Waals surface area contributed by atoms with Gasteiger partial charge in [0, 0.05) is 7.05 Å². The molecule has 2 rings (SSSR count). The van der Waals surface area contributed by atoms with E-state index in [1.807, 2.05) is 0 Å². The van der Waals surface area contributed by atoms with Crippen LogP contribution in [-0.4, -0.2) is 56.3 Å². The third kappa shape index (κ3) is 4.45. The highest BCUT2D eigenvalue weighted by atomic mass is 32.2. The molecule has 1 N–H and O–H groups in total. The molecular weight excluding hydrogens is 316 g/mol. The van der Waals surface area contributed by atoms with Crippen molar-refractivity contribution in [3.8, 4) is 0 Å². The maximum Gasteiger partial charge on any atom is 0.243 e. The monoisotopic (exact) mass is 340 g/mol. The van der Waals surface area contributed by atoms with Gasteiger partial charge in [-0.1, -0.05) is 31.0 Å². The second-order valence-corrected chi connectivity index (χ2v) is 7.94. The summed E-state index contributed by atoms with van der Waals surface area (Å²) in [6.45, 7) is -0.261. The van der Waals surface area contributed by atoms with Gasteiger partial charge in [0.15, 0.2) is 0 Å². The predicted octanol–water partition coefficient (Wildman–Crippen LogP) is 1.21. The van der Waals surface area contributed by atoms with Crippen molar-refractivity contribution in [2.24, 2.45) is 0 Å². The summed E-state index contributed by atoms with van der Waals surface area (Å²) in [6, 6.07) is 8.32. The molecule has 2 unspecified atom stereocenters. The molecule has 6 nitrogen and oxygen atoms in total. The van der Waals surface area contributed by atoms with E-state index in [0.717, 1.165) is 29.8 Å². The summed E-state index contributed by atoms with van der Waals surface area (Å²) in [6.07, 6.45) is 3.89. The number of hydrogen-bond acceptors (Lipinski definition) is 4. The molecule has 1 aliphatic carbocycles. The van der Waals surface area contributed by atoms with Gasteiger partial charge in [-0.15, -0.1) is 0 Å². The highest BCUT2D eigenvalue weighted by molar-refractivity contribution is 7.92. The van der Waals surface area contributed by atoms with E-state index in [2.05, 4.69) is 0 Å². The summed E-state index contributed by atoms with van der Waals surface area (Å²) < 4.78 is 25.2. The normalized spacial score (nSPS) is 21.7. The smallest absolute Gasteiger partial charge is 0.243 e. The minimum Gasteiger partial charge on any atom is -0.391 e. The van der Waals surface area contributed by atoms with E-state index in [1.54, 1.807) is 37.4 Å². The summed E-state index contributed by atoms with van der Waals surface area (Å²) in [5, 5.41) is 10.1. The molecular formula is C16H24N2O4S. The number of anilines is 1. The van der Waals surface area contributed by atoms with Crippen LogP contribution in [0, 0.1) is 0 Å². The second kappa shape index (κ2) is 7.31. The van der Waals surface area contributed by atoms with Gasteiger partial charge in [0.25, 0.3) is 0 Å². The molecule has 0 heterocycles. The topological polar surface area (TPSA) is 77.9 Å². The van der Waals surface area contributed by atoms with Crippen LogP contribution in [0.25, 0.3) is 0 Å². The van der Waals surface area contributed by atoms with Crippen LogP contribution >= 0.6 is 0 Å². The second-order valence-electron chi connectivity index (χ2n) is 6.03. The molecule has 0 spiro atoms. The van der Waals surface area contributed by atoms with Crippen molar-refractivity contribution >= 4 is 21.6 Å². The first-order valence-corrected chi connectivity index (χ1v) is 9.62. The van der Waals surface area contributed by atoms with Gasteiger partial charge >= 0.3 is 0 Å². The van der Waals surface area contributed by atoms with Crippen molar-refractivity contribution < 1.29 is 18.3 Å². The van der Waals surface area contributed by atoms with E-state index in [9.17, 15) is 18.3 Å². The van der Waals surface area contributed by atoms with E-state index in [-0.39, 0.29) is 18.5 Å². The Kier molecular flexibility index (Phi) is 5.64. The van der Waals surface area contributed by atoms with E-state index in [1.165, 1.54) is 4.90 Å². The van der Waals surface area contributed by atoms with Crippen LogP contribution in [0.1, 0.15) is 25.7 Å². The SMILES string of the molecule is CN(C(=O)CN(c1ccccc1)S(C)(=O)=O)C1CCCCC1O. The number of benzene rings is 1. The number of hydrogen-bond donors (Lipinski definition) is 1. The lowest BCUT2D eigenvalue weighted by molar-refractivity contribution is -0.133. The lowest BCUT2D eigenvalue weighted by atomic mass is 9.91. The van der Waals surface area contributed by atoms with Crippen LogP contribution in [0.5, 0.6) is 0 Å². The van der Waals surface area contributed by atoms with Gasteiger partial charge in [0.2, 0.25) is 15.9 Å². The number of para-hydroxylation sites is 1. The van der Waals surface area contributed by atoms with Gasteiger partial charge in [0.1, 0.15) is 6.54 Å². The zero-order chi connectivity index (χ0) is 17.0. The summed E-state index contributed by atoms with van der Waals surface area (Å²) in [4.78, 5) is 14.0. The molecule has 0 bridgehead atoms. The molecule has 0 aliphatic heterocycles. The Labute approximate surface area is 137 Å². The van der Waals surface area contributed by atoms with Gasteiger partial charge in [0.05, 0.1) is 24.1 Å². The Hall–Kier alpha value is -1.60. The van der Waals surface area contributed by atoms with Crippen LogP contribution in [0.3, 0.4) is 0 Å². The Morgan fingerprint density at radius 3 is 2.39 bits per heavy atom. The third-order valence-electron chi connectivity index (χ3n) is 4.31. The van der Waals surface area contributed by atoms with Crippen molar-refractivity contribution in [2.45, 2.75) is 37.8 Å². The van der Waals surface area contributed by atoms with Crippen LogP contribution in [0.4, 0.5) is 5.69 Å². The third-order valence-corrected chi connectivity index (χ3v) is 5.45. The lowest BCUT2D eigenvalue weighted by Gasteiger charge is -2.36. The zero-order valence-corrected chi connectivity index (χ0v) is 14.4. The molecule has 1 saturated carbocycles. The largest absolute Gasteiger partial charge is 0.391 e. The number of sulfonamides is 1. The van der Waals surface area contributed by atoms with Gasteiger partial charge in [-0.05, 0) is 25.0 Å². The minimum atomic E-state index is -3.57. The van der Waals surface area contributed by atoms with E-state index >= 15 is 0 Å². The maximum absolute atomic E-state index is 12.5.